The van der Waals surface area contributed by atoms with E-state index in [0.717, 1.165) is 18.8 Å². The molecule has 0 aliphatic heterocycles. The minimum absolute atomic E-state index is 0.216. The fraction of sp³-hybridized carbons (Fsp3) is 0.500. The smallest absolute Gasteiger partial charge is 0.0543 e. The maximum Gasteiger partial charge on any atom is 0.0543 e. The van der Waals surface area contributed by atoms with Crippen molar-refractivity contribution in [3.63, 3.8) is 0 Å². The molecule has 2 N–H and O–H groups in total. The van der Waals surface area contributed by atoms with Gasteiger partial charge in [-0.05, 0) is 26.1 Å². The summed E-state index contributed by atoms with van der Waals surface area (Å²) in [5.74, 6) is 0. The predicted molar refractivity (Wildman–Crippen MR) is 54.2 cm³/mol. The SMILES string of the molecule is C[C@@H](N)CN(C)Cc1ccccn1. The second-order valence-corrected chi connectivity index (χ2v) is 3.50. The molecule has 1 aromatic rings. The minimum Gasteiger partial charge on any atom is -0.327 e. The first kappa shape index (κ1) is 10.2. The highest BCUT2D eigenvalue weighted by Crippen LogP contribution is 1.98. The van der Waals surface area contributed by atoms with Crippen molar-refractivity contribution in [3.05, 3.63) is 30.1 Å². The van der Waals surface area contributed by atoms with Crippen molar-refractivity contribution in [2.24, 2.45) is 5.73 Å². The maximum absolute atomic E-state index is 5.68. The molecule has 0 bridgehead atoms. The van der Waals surface area contributed by atoms with Crippen molar-refractivity contribution in [3.8, 4) is 0 Å². The largest absolute Gasteiger partial charge is 0.327 e. The van der Waals surface area contributed by atoms with E-state index in [1.807, 2.05) is 31.3 Å². The highest BCUT2D eigenvalue weighted by Gasteiger charge is 2.02. The van der Waals surface area contributed by atoms with E-state index in [1.165, 1.54) is 0 Å². The zero-order valence-corrected chi connectivity index (χ0v) is 8.27. The topological polar surface area (TPSA) is 42.1 Å². The highest BCUT2D eigenvalue weighted by molar-refractivity contribution is 5.02. The predicted octanol–water partition coefficient (Wildman–Crippen LogP) is 0.861. The molecule has 3 nitrogen and oxygen atoms in total. The normalized spacial score (nSPS) is 13.2. The van der Waals surface area contributed by atoms with Gasteiger partial charge in [-0.15, -0.1) is 0 Å². The van der Waals surface area contributed by atoms with Gasteiger partial charge in [-0.3, -0.25) is 9.88 Å². The van der Waals surface area contributed by atoms with Crippen molar-refractivity contribution in [1.82, 2.24) is 9.88 Å². The molecule has 1 rings (SSSR count). The Balaban J connectivity index is 2.41. The molecule has 13 heavy (non-hydrogen) atoms. The number of hydrogen-bond acceptors (Lipinski definition) is 3. The average Bonchev–Trinajstić information content (AvgIpc) is 2.04. The zero-order valence-electron chi connectivity index (χ0n) is 8.27. The van der Waals surface area contributed by atoms with Crippen molar-refractivity contribution in [2.45, 2.75) is 19.5 Å². The molecular formula is C10H17N3. The van der Waals surface area contributed by atoms with Crippen LogP contribution in [0.4, 0.5) is 0 Å². The Kier molecular flexibility index (Phi) is 3.86. The Labute approximate surface area is 79.6 Å². The van der Waals surface area contributed by atoms with Crippen LogP contribution in [0.25, 0.3) is 0 Å². The van der Waals surface area contributed by atoms with E-state index < -0.39 is 0 Å². The van der Waals surface area contributed by atoms with Gasteiger partial charge >= 0.3 is 0 Å². The van der Waals surface area contributed by atoms with Crippen molar-refractivity contribution >= 4 is 0 Å². The fourth-order valence-electron chi connectivity index (χ4n) is 1.32. The number of nitrogens with two attached hydrogens (primary N) is 1. The summed E-state index contributed by atoms with van der Waals surface area (Å²) < 4.78 is 0. The Morgan fingerprint density at radius 2 is 2.31 bits per heavy atom. The van der Waals surface area contributed by atoms with Gasteiger partial charge in [0.2, 0.25) is 0 Å². The standard InChI is InChI=1S/C10H17N3/c1-9(11)7-13(2)8-10-5-3-4-6-12-10/h3-6,9H,7-8,11H2,1-2H3/t9-/m1/s1. The van der Waals surface area contributed by atoms with Crippen LogP contribution in [0.15, 0.2) is 24.4 Å². The summed E-state index contributed by atoms with van der Waals surface area (Å²) >= 11 is 0. The van der Waals surface area contributed by atoms with E-state index in [2.05, 4.69) is 16.9 Å². The van der Waals surface area contributed by atoms with Gasteiger partial charge in [0, 0.05) is 25.3 Å². The molecule has 0 aliphatic rings. The molecule has 0 amide bonds. The van der Waals surface area contributed by atoms with Crippen LogP contribution in [0.3, 0.4) is 0 Å². The lowest BCUT2D eigenvalue weighted by Gasteiger charge is -2.17. The van der Waals surface area contributed by atoms with Crippen LogP contribution in [-0.2, 0) is 6.54 Å². The van der Waals surface area contributed by atoms with Crippen molar-refractivity contribution < 1.29 is 0 Å². The van der Waals surface area contributed by atoms with Gasteiger partial charge in [0.05, 0.1) is 5.69 Å². The molecule has 1 atom stereocenters. The molecule has 0 saturated heterocycles. The lowest BCUT2D eigenvalue weighted by atomic mass is 10.3. The summed E-state index contributed by atoms with van der Waals surface area (Å²) in [6.45, 7) is 3.77. The second kappa shape index (κ2) is 4.94. The highest BCUT2D eigenvalue weighted by atomic mass is 15.1. The van der Waals surface area contributed by atoms with E-state index >= 15 is 0 Å². The number of rotatable bonds is 4. The van der Waals surface area contributed by atoms with Crippen molar-refractivity contribution in [2.75, 3.05) is 13.6 Å². The first-order valence-electron chi connectivity index (χ1n) is 4.52. The number of hydrogen-bond donors (Lipinski definition) is 1. The van der Waals surface area contributed by atoms with Crippen LogP contribution in [0.1, 0.15) is 12.6 Å². The van der Waals surface area contributed by atoms with Crippen LogP contribution in [0, 0.1) is 0 Å². The average molecular weight is 179 g/mol. The van der Waals surface area contributed by atoms with Gasteiger partial charge in [-0.25, -0.2) is 0 Å². The van der Waals surface area contributed by atoms with Gasteiger partial charge in [-0.1, -0.05) is 6.07 Å². The van der Waals surface area contributed by atoms with Crippen LogP contribution >= 0.6 is 0 Å². The van der Waals surface area contributed by atoms with E-state index in [9.17, 15) is 0 Å². The summed E-state index contributed by atoms with van der Waals surface area (Å²) in [5, 5.41) is 0. The van der Waals surface area contributed by atoms with Gasteiger partial charge in [-0.2, -0.15) is 0 Å². The first-order valence-corrected chi connectivity index (χ1v) is 4.52. The molecule has 1 heterocycles. The third kappa shape index (κ3) is 4.01. The Hall–Kier alpha value is -0.930. The number of pyridine rings is 1. The fourth-order valence-corrected chi connectivity index (χ4v) is 1.32. The van der Waals surface area contributed by atoms with E-state index in [4.69, 9.17) is 5.73 Å². The van der Waals surface area contributed by atoms with Gasteiger partial charge in [0.25, 0.3) is 0 Å². The van der Waals surface area contributed by atoms with E-state index in [1.54, 1.807) is 0 Å². The molecule has 1 aromatic heterocycles. The van der Waals surface area contributed by atoms with Crippen LogP contribution < -0.4 is 5.73 Å². The first-order chi connectivity index (χ1) is 6.18. The van der Waals surface area contributed by atoms with Crippen molar-refractivity contribution in [1.29, 1.82) is 0 Å². The second-order valence-electron chi connectivity index (χ2n) is 3.50. The lowest BCUT2D eigenvalue weighted by Crippen LogP contribution is -2.32. The zero-order chi connectivity index (χ0) is 9.68. The van der Waals surface area contributed by atoms with Gasteiger partial charge in [0.1, 0.15) is 0 Å². The monoisotopic (exact) mass is 179 g/mol. The Morgan fingerprint density at radius 3 is 2.85 bits per heavy atom. The molecule has 3 heteroatoms. The number of aromatic nitrogens is 1. The molecule has 0 aliphatic carbocycles. The molecular weight excluding hydrogens is 162 g/mol. The van der Waals surface area contributed by atoms with Crippen LogP contribution in [0.5, 0.6) is 0 Å². The Bertz CT molecular complexity index is 233. The summed E-state index contributed by atoms with van der Waals surface area (Å²) in [4.78, 5) is 6.42. The molecule has 0 aromatic carbocycles. The molecule has 0 fully saturated rings. The molecule has 0 radical (unpaired) electrons. The summed E-state index contributed by atoms with van der Waals surface area (Å²) in [6, 6.07) is 6.17. The lowest BCUT2D eigenvalue weighted by molar-refractivity contribution is 0.306. The molecule has 0 spiro atoms. The quantitative estimate of drug-likeness (QED) is 0.745. The van der Waals surface area contributed by atoms with Gasteiger partial charge in [0.15, 0.2) is 0 Å². The minimum atomic E-state index is 0.216. The maximum atomic E-state index is 5.68. The third-order valence-electron chi connectivity index (χ3n) is 1.76. The summed E-state index contributed by atoms with van der Waals surface area (Å²) in [7, 11) is 2.05. The third-order valence-corrected chi connectivity index (χ3v) is 1.76. The Morgan fingerprint density at radius 1 is 1.54 bits per heavy atom. The van der Waals surface area contributed by atoms with Crippen LogP contribution in [0.2, 0.25) is 0 Å². The van der Waals surface area contributed by atoms with Crippen LogP contribution in [-0.4, -0.2) is 29.5 Å². The number of nitrogens with zero attached hydrogens (tertiary/aromatic N) is 2. The number of likely N-dealkylation sites (N-methyl/N-ethyl adjacent to an activating group) is 1. The molecule has 0 unspecified atom stereocenters. The summed E-state index contributed by atoms with van der Waals surface area (Å²) in [5.41, 5.74) is 6.77. The summed E-state index contributed by atoms with van der Waals surface area (Å²) in [6.07, 6.45) is 1.81. The molecule has 72 valence electrons. The molecule has 0 saturated carbocycles. The van der Waals surface area contributed by atoms with Gasteiger partial charge < -0.3 is 5.73 Å². The van der Waals surface area contributed by atoms with E-state index in [0.29, 0.717) is 0 Å². The van der Waals surface area contributed by atoms with E-state index in [-0.39, 0.29) is 6.04 Å².